The summed E-state index contributed by atoms with van der Waals surface area (Å²) in [6, 6.07) is 1.99. The summed E-state index contributed by atoms with van der Waals surface area (Å²) in [6.07, 6.45) is -0.221. The summed E-state index contributed by atoms with van der Waals surface area (Å²) >= 11 is 1.59. The number of thiophene rings is 1. The van der Waals surface area contributed by atoms with E-state index in [2.05, 4.69) is 10.1 Å². The molecule has 1 aromatic rings. The first-order valence-electron chi connectivity index (χ1n) is 4.50. The standard InChI is InChI=1S/C10H13NO3S/c1-7-3-4-15-8(7)6-11-9(12)5-10(13)14-2/h3-4H,5-6H2,1-2H3,(H,11,12). The summed E-state index contributed by atoms with van der Waals surface area (Å²) in [5.41, 5.74) is 1.15. The number of rotatable bonds is 4. The number of ether oxygens (including phenoxy) is 1. The first-order valence-corrected chi connectivity index (χ1v) is 5.38. The van der Waals surface area contributed by atoms with Gasteiger partial charge < -0.3 is 10.1 Å². The Labute approximate surface area is 92.2 Å². The van der Waals surface area contributed by atoms with Gasteiger partial charge in [0.1, 0.15) is 6.42 Å². The number of amides is 1. The van der Waals surface area contributed by atoms with E-state index in [1.54, 1.807) is 11.3 Å². The molecule has 0 unspecified atom stereocenters. The maximum Gasteiger partial charge on any atom is 0.315 e. The second-order valence-electron chi connectivity index (χ2n) is 3.06. The second-order valence-corrected chi connectivity index (χ2v) is 4.06. The molecule has 0 saturated carbocycles. The Hall–Kier alpha value is -1.36. The van der Waals surface area contributed by atoms with Gasteiger partial charge in [-0.05, 0) is 23.9 Å². The van der Waals surface area contributed by atoms with Crippen molar-refractivity contribution >= 4 is 23.2 Å². The normalized spacial score (nSPS) is 9.73. The molecule has 0 radical (unpaired) electrons. The van der Waals surface area contributed by atoms with Gasteiger partial charge in [-0.1, -0.05) is 0 Å². The van der Waals surface area contributed by atoms with E-state index in [4.69, 9.17) is 0 Å². The molecule has 4 nitrogen and oxygen atoms in total. The van der Waals surface area contributed by atoms with Crippen LogP contribution in [0.15, 0.2) is 11.4 Å². The molecule has 1 N–H and O–H groups in total. The predicted molar refractivity (Wildman–Crippen MR) is 57.5 cm³/mol. The van der Waals surface area contributed by atoms with Crippen LogP contribution in [0.3, 0.4) is 0 Å². The summed E-state index contributed by atoms with van der Waals surface area (Å²) in [4.78, 5) is 23.1. The van der Waals surface area contributed by atoms with Crippen LogP contribution in [0.4, 0.5) is 0 Å². The zero-order valence-corrected chi connectivity index (χ0v) is 9.52. The van der Waals surface area contributed by atoms with Gasteiger partial charge >= 0.3 is 5.97 Å². The Balaban J connectivity index is 2.35. The molecule has 1 heterocycles. The summed E-state index contributed by atoms with van der Waals surface area (Å²) in [5.74, 6) is -0.829. The SMILES string of the molecule is COC(=O)CC(=O)NCc1sccc1C. The van der Waals surface area contributed by atoms with Crippen molar-refractivity contribution in [3.8, 4) is 0 Å². The zero-order valence-electron chi connectivity index (χ0n) is 8.70. The summed E-state index contributed by atoms with van der Waals surface area (Å²) < 4.78 is 4.38. The lowest BCUT2D eigenvalue weighted by Crippen LogP contribution is -2.25. The van der Waals surface area contributed by atoms with Gasteiger partial charge in [0.05, 0.1) is 13.7 Å². The van der Waals surface area contributed by atoms with Gasteiger partial charge in [0.2, 0.25) is 5.91 Å². The molecule has 1 aromatic heterocycles. The Morgan fingerprint density at radius 1 is 1.53 bits per heavy atom. The molecule has 0 saturated heterocycles. The van der Waals surface area contributed by atoms with E-state index >= 15 is 0 Å². The van der Waals surface area contributed by atoms with E-state index < -0.39 is 5.97 Å². The third-order valence-electron chi connectivity index (χ3n) is 1.95. The average molecular weight is 227 g/mol. The summed E-state index contributed by atoms with van der Waals surface area (Å²) in [6.45, 7) is 2.46. The fourth-order valence-electron chi connectivity index (χ4n) is 1.03. The van der Waals surface area contributed by atoms with Gasteiger partial charge in [0, 0.05) is 4.88 Å². The molecule has 0 aliphatic carbocycles. The van der Waals surface area contributed by atoms with Crippen LogP contribution in [0, 0.1) is 6.92 Å². The van der Waals surface area contributed by atoms with Crippen LogP contribution < -0.4 is 5.32 Å². The van der Waals surface area contributed by atoms with Crippen molar-refractivity contribution in [2.24, 2.45) is 0 Å². The van der Waals surface area contributed by atoms with Crippen molar-refractivity contribution in [3.63, 3.8) is 0 Å². The number of nitrogens with one attached hydrogen (secondary N) is 1. The van der Waals surface area contributed by atoms with E-state index in [1.165, 1.54) is 7.11 Å². The monoisotopic (exact) mass is 227 g/mol. The Bertz CT molecular complexity index is 359. The van der Waals surface area contributed by atoms with Gasteiger partial charge in [-0.15, -0.1) is 11.3 Å². The van der Waals surface area contributed by atoms with Crippen molar-refractivity contribution in [1.82, 2.24) is 5.32 Å². The molecular weight excluding hydrogens is 214 g/mol. The number of carbonyl (C=O) groups is 2. The number of esters is 1. The average Bonchev–Trinajstić information content (AvgIpc) is 2.61. The minimum absolute atomic E-state index is 0.221. The van der Waals surface area contributed by atoms with Crippen LogP contribution in [0.5, 0.6) is 0 Å². The van der Waals surface area contributed by atoms with E-state index in [0.717, 1.165) is 10.4 Å². The van der Waals surface area contributed by atoms with Crippen molar-refractivity contribution in [3.05, 3.63) is 21.9 Å². The molecule has 1 rings (SSSR count). The highest BCUT2D eigenvalue weighted by Gasteiger charge is 2.09. The zero-order chi connectivity index (χ0) is 11.3. The van der Waals surface area contributed by atoms with Gasteiger partial charge in [0.25, 0.3) is 0 Å². The van der Waals surface area contributed by atoms with E-state index in [0.29, 0.717) is 6.54 Å². The number of methoxy groups -OCH3 is 1. The molecular formula is C10H13NO3S. The smallest absolute Gasteiger partial charge is 0.315 e. The molecule has 82 valence electrons. The quantitative estimate of drug-likeness (QED) is 0.622. The highest BCUT2D eigenvalue weighted by molar-refractivity contribution is 7.10. The number of aryl methyl sites for hydroxylation is 1. The van der Waals surface area contributed by atoms with Crippen molar-refractivity contribution < 1.29 is 14.3 Å². The Kier molecular flexibility index (Phi) is 4.30. The lowest BCUT2D eigenvalue weighted by Gasteiger charge is -2.03. The topological polar surface area (TPSA) is 55.4 Å². The highest BCUT2D eigenvalue weighted by Crippen LogP contribution is 2.14. The third-order valence-corrected chi connectivity index (χ3v) is 2.97. The van der Waals surface area contributed by atoms with Crippen LogP contribution in [-0.4, -0.2) is 19.0 Å². The molecule has 0 fully saturated rings. The van der Waals surface area contributed by atoms with Crippen LogP contribution in [0.2, 0.25) is 0 Å². The van der Waals surface area contributed by atoms with E-state index in [9.17, 15) is 9.59 Å². The maximum absolute atomic E-state index is 11.2. The second kappa shape index (κ2) is 5.50. The van der Waals surface area contributed by atoms with Crippen LogP contribution in [0.1, 0.15) is 16.9 Å². The number of hydrogen-bond acceptors (Lipinski definition) is 4. The number of hydrogen-bond donors (Lipinski definition) is 1. The summed E-state index contributed by atoms with van der Waals surface area (Å²) in [7, 11) is 1.26. The molecule has 0 aliphatic rings. The maximum atomic E-state index is 11.2. The third kappa shape index (κ3) is 3.71. The molecule has 0 aliphatic heterocycles. The fraction of sp³-hybridized carbons (Fsp3) is 0.400. The Morgan fingerprint density at radius 2 is 2.27 bits per heavy atom. The van der Waals surface area contributed by atoms with Crippen molar-refractivity contribution in [2.75, 3.05) is 7.11 Å². The lowest BCUT2D eigenvalue weighted by atomic mass is 10.3. The number of carbonyl (C=O) groups excluding carboxylic acids is 2. The van der Waals surface area contributed by atoms with Gasteiger partial charge in [-0.2, -0.15) is 0 Å². The van der Waals surface area contributed by atoms with Gasteiger partial charge in [0.15, 0.2) is 0 Å². The molecule has 0 atom stereocenters. The lowest BCUT2D eigenvalue weighted by molar-refractivity contribution is -0.143. The Morgan fingerprint density at radius 3 is 2.80 bits per heavy atom. The van der Waals surface area contributed by atoms with Crippen molar-refractivity contribution in [1.29, 1.82) is 0 Å². The van der Waals surface area contributed by atoms with Gasteiger partial charge in [-0.3, -0.25) is 9.59 Å². The van der Waals surface area contributed by atoms with Gasteiger partial charge in [-0.25, -0.2) is 0 Å². The molecule has 0 spiro atoms. The van der Waals surface area contributed by atoms with Crippen molar-refractivity contribution in [2.45, 2.75) is 19.9 Å². The molecule has 0 bridgehead atoms. The van der Waals surface area contributed by atoms with Crippen LogP contribution in [0.25, 0.3) is 0 Å². The fourth-order valence-corrected chi connectivity index (χ4v) is 1.88. The molecule has 1 amide bonds. The highest BCUT2D eigenvalue weighted by atomic mass is 32.1. The first-order chi connectivity index (χ1) is 7.13. The largest absolute Gasteiger partial charge is 0.469 e. The molecule has 15 heavy (non-hydrogen) atoms. The predicted octanol–water partition coefficient (Wildman–Crippen LogP) is 1.24. The molecule has 5 heteroatoms. The van der Waals surface area contributed by atoms with E-state index in [-0.39, 0.29) is 12.3 Å². The molecule has 0 aromatic carbocycles. The van der Waals surface area contributed by atoms with Crippen LogP contribution >= 0.6 is 11.3 Å². The van der Waals surface area contributed by atoms with E-state index in [1.807, 2.05) is 18.4 Å². The minimum Gasteiger partial charge on any atom is -0.469 e. The minimum atomic E-state index is -0.518. The van der Waals surface area contributed by atoms with Crippen LogP contribution in [-0.2, 0) is 20.9 Å². The first kappa shape index (κ1) is 11.7. The summed E-state index contributed by atoms with van der Waals surface area (Å²) in [5, 5.41) is 4.63.